The lowest BCUT2D eigenvalue weighted by molar-refractivity contribution is 0.876. The molecule has 1 aromatic heterocycles. The molecule has 3 rings (SSSR count). The van der Waals surface area contributed by atoms with E-state index in [4.69, 9.17) is 0 Å². The molecule has 4 nitrogen and oxygen atoms in total. The molecule has 1 heterocycles. The summed E-state index contributed by atoms with van der Waals surface area (Å²) in [5, 5.41) is 7.73. The first-order valence-electron chi connectivity index (χ1n) is 8.10. The van der Waals surface area contributed by atoms with E-state index in [1.807, 2.05) is 19.2 Å². The first kappa shape index (κ1) is 16.0. The monoisotopic (exact) mass is 318 g/mol. The van der Waals surface area contributed by atoms with Crippen molar-refractivity contribution in [2.24, 2.45) is 0 Å². The molecule has 0 radical (unpaired) electrons. The second-order valence-corrected chi connectivity index (χ2v) is 5.77. The third-order valence-corrected chi connectivity index (χ3v) is 4.14. The van der Waals surface area contributed by atoms with Crippen LogP contribution in [0.5, 0.6) is 0 Å². The normalized spacial score (nSPS) is 11.9. The van der Waals surface area contributed by atoms with Crippen LogP contribution in [0.2, 0.25) is 0 Å². The van der Waals surface area contributed by atoms with E-state index in [0.29, 0.717) is 0 Å². The number of hydrogen-bond donors (Lipinski definition) is 2. The fraction of sp³-hybridized carbons (Fsp3) is 0.200. The molecule has 0 saturated carbocycles. The number of allylic oxidation sites excluding steroid dienone is 1. The molecule has 0 fully saturated rings. The summed E-state index contributed by atoms with van der Waals surface area (Å²) in [4.78, 5) is 8.91. The Morgan fingerprint density at radius 3 is 2.79 bits per heavy atom. The van der Waals surface area contributed by atoms with Crippen molar-refractivity contribution in [1.82, 2.24) is 9.97 Å². The van der Waals surface area contributed by atoms with Gasteiger partial charge >= 0.3 is 0 Å². The van der Waals surface area contributed by atoms with Crippen LogP contribution < -0.4 is 10.6 Å². The fourth-order valence-corrected chi connectivity index (χ4v) is 2.84. The number of nitrogens with one attached hydrogen (secondary N) is 2. The molecule has 0 spiro atoms. The van der Waals surface area contributed by atoms with Crippen molar-refractivity contribution >= 4 is 22.4 Å². The number of fused-ring (bicyclic) bond motifs is 1. The predicted octanol–water partition coefficient (Wildman–Crippen LogP) is 4.57. The highest BCUT2D eigenvalue weighted by molar-refractivity contribution is 5.91. The molecule has 1 unspecified atom stereocenters. The average Bonchev–Trinajstić information content (AvgIpc) is 2.62. The number of hydrogen-bond acceptors (Lipinski definition) is 4. The van der Waals surface area contributed by atoms with Crippen LogP contribution in [0.4, 0.5) is 11.5 Å². The molecule has 0 aliphatic carbocycles. The van der Waals surface area contributed by atoms with Gasteiger partial charge in [-0.25, -0.2) is 9.97 Å². The fourth-order valence-electron chi connectivity index (χ4n) is 2.84. The zero-order chi connectivity index (χ0) is 16.9. The van der Waals surface area contributed by atoms with Crippen LogP contribution in [-0.4, -0.2) is 17.0 Å². The van der Waals surface area contributed by atoms with Crippen molar-refractivity contribution in [3.8, 4) is 0 Å². The van der Waals surface area contributed by atoms with E-state index >= 15 is 0 Å². The zero-order valence-corrected chi connectivity index (χ0v) is 14.1. The van der Waals surface area contributed by atoms with Crippen molar-refractivity contribution in [2.75, 3.05) is 17.7 Å². The van der Waals surface area contributed by atoms with Gasteiger partial charge in [-0.05, 0) is 42.7 Å². The summed E-state index contributed by atoms with van der Waals surface area (Å²) < 4.78 is 0. The largest absolute Gasteiger partial charge is 0.388 e. The van der Waals surface area contributed by atoms with Crippen LogP contribution in [0.25, 0.3) is 10.9 Å². The van der Waals surface area contributed by atoms with E-state index in [-0.39, 0.29) is 6.04 Å². The van der Waals surface area contributed by atoms with Gasteiger partial charge in [0.25, 0.3) is 0 Å². The molecule has 4 heteroatoms. The summed E-state index contributed by atoms with van der Waals surface area (Å²) in [6, 6.07) is 14.7. The van der Waals surface area contributed by atoms with Crippen LogP contribution in [0.3, 0.4) is 0 Å². The van der Waals surface area contributed by atoms with E-state index in [2.05, 4.69) is 70.5 Å². The highest BCUT2D eigenvalue weighted by Crippen LogP contribution is 2.27. The van der Waals surface area contributed by atoms with Crippen molar-refractivity contribution in [3.63, 3.8) is 0 Å². The van der Waals surface area contributed by atoms with Crippen molar-refractivity contribution in [1.29, 1.82) is 0 Å². The van der Waals surface area contributed by atoms with Crippen molar-refractivity contribution < 1.29 is 0 Å². The molecule has 0 bridgehead atoms. The van der Waals surface area contributed by atoms with E-state index < -0.39 is 0 Å². The van der Waals surface area contributed by atoms with E-state index in [9.17, 15) is 0 Å². The van der Waals surface area contributed by atoms with Gasteiger partial charge in [-0.3, -0.25) is 0 Å². The van der Waals surface area contributed by atoms with Gasteiger partial charge in [0, 0.05) is 18.1 Å². The van der Waals surface area contributed by atoms with Gasteiger partial charge in [-0.15, -0.1) is 6.58 Å². The van der Waals surface area contributed by atoms with Gasteiger partial charge < -0.3 is 10.6 Å². The Kier molecular flexibility index (Phi) is 4.75. The summed E-state index contributed by atoms with van der Waals surface area (Å²) in [5.74, 6) is 0.855. The Morgan fingerprint density at radius 1 is 1.17 bits per heavy atom. The quantitative estimate of drug-likeness (QED) is 0.654. The molecule has 122 valence electrons. The summed E-state index contributed by atoms with van der Waals surface area (Å²) in [6.45, 7) is 5.96. The third-order valence-electron chi connectivity index (χ3n) is 4.14. The molecule has 0 saturated heterocycles. The lowest BCUT2D eigenvalue weighted by Gasteiger charge is -2.17. The molecule has 0 aliphatic rings. The molecule has 2 N–H and O–H groups in total. The zero-order valence-electron chi connectivity index (χ0n) is 14.1. The van der Waals surface area contributed by atoms with Crippen molar-refractivity contribution in [3.05, 3.63) is 72.6 Å². The number of rotatable bonds is 6. The maximum Gasteiger partial charge on any atom is 0.137 e. The van der Waals surface area contributed by atoms with Crippen molar-refractivity contribution in [2.45, 2.75) is 19.4 Å². The van der Waals surface area contributed by atoms with E-state index in [1.54, 1.807) is 6.33 Å². The highest BCUT2D eigenvalue weighted by Gasteiger charge is 2.11. The number of nitrogens with zero attached hydrogens (tertiary/aromatic N) is 2. The molecular formula is C20H22N4. The molecule has 2 aromatic carbocycles. The summed E-state index contributed by atoms with van der Waals surface area (Å²) >= 11 is 0. The summed E-state index contributed by atoms with van der Waals surface area (Å²) in [6.07, 6.45) is 4.32. The minimum atomic E-state index is 0.138. The third kappa shape index (κ3) is 3.23. The van der Waals surface area contributed by atoms with Crippen LogP contribution in [0.15, 0.2) is 61.4 Å². The topological polar surface area (TPSA) is 49.8 Å². The standard InChI is InChI=1S/C20H22N4/c1-4-7-15-8-6-11-18-19(15)22-13-23-20(18)24-14(2)16-9-5-10-17(12-16)21-3/h4-6,8-14,21H,1,7H2,2-3H3,(H,22,23,24). The molecule has 24 heavy (non-hydrogen) atoms. The van der Waals surface area contributed by atoms with E-state index in [1.165, 1.54) is 5.56 Å². The lowest BCUT2D eigenvalue weighted by atomic mass is 10.1. The highest BCUT2D eigenvalue weighted by atomic mass is 15.0. The molecule has 0 aliphatic heterocycles. The van der Waals surface area contributed by atoms with Gasteiger partial charge in [-0.1, -0.05) is 30.3 Å². The van der Waals surface area contributed by atoms with Gasteiger partial charge in [0.05, 0.1) is 11.6 Å². The van der Waals surface area contributed by atoms with Gasteiger partial charge in [-0.2, -0.15) is 0 Å². The average molecular weight is 318 g/mol. The SMILES string of the molecule is C=CCc1cccc2c(NC(C)c3cccc(NC)c3)ncnc12. The smallest absolute Gasteiger partial charge is 0.137 e. The minimum Gasteiger partial charge on any atom is -0.388 e. The Morgan fingerprint density at radius 2 is 2.00 bits per heavy atom. The Balaban J connectivity index is 1.94. The lowest BCUT2D eigenvalue weighted by Crippen LogP contribution is -2.09. The second kappa shape index (κ2) is 7.13. The second-order valence-electron chi connectivity index (χ2n) is 5.77. The summed E-state index contributed by atoms with van der Waals surface area (Å²) in [7, 11) is 1.93. The first-order chi connectivity index (χ1) is 11.7. The van der Waals surface area contributed by atoms with Gasteiger partial charge in [0.15, 0.2) is 0 Å². The van der Waals surface area contributed by atoms with Crippen LogP contribution in [-0.2, 0) is 6.42 Å². The maximum atomic E-state index is 4.46. The van der Waals surface area contributed by atoms with Crippen LogP contribution in [0.1, 0.15) is 24.1 Å². The number of benzene rings is 2. The maximum absolute atomic E-state index is 4.46. The first-order valence-corrected chi connectivity index (χ1v) is 8.10. The summed E-state index contributed by atoms with van der Waals surface area (Å²) in [5.41, 5.74) is 4.45. The Bertz CT molecular complexity index is 857. The number of para-hydroxylation sites is 1. The Hall–Kier alpha value is -2.88. The molecule has 3 aromatic rings. The van der Waals surface area contributed by atoms with Crippen LogP contribution in [0, 0.1) is 0 Å². The Labute approximate surface area is 142 Å². The molecule has 0 amide bonds. The number of anilines is 2. The predicted molar refractivity (Wildman–Crippen MR) is 101 cm³/mol. The minimum absolute atomic E-state index is 0.138. The van der Waals surface area contributed by atoms with Gasteiger partial charge in [0.2, 0.25) is 0 Å². The molecule has 1 atom stereocenters. The van der Waals surface area contributed by atoms with E-state index in [0.717, 1.165) is 34.4 Å². The van der Waals surface area contributed by atoms with Gasteiger partial charge in [0.1, 0.15) is 12.1 Å². The number of aromatic nitrogens is 2. The van der Waals surface area contributed by atoms with Crippen LogP contribution >= 0.6 is 0 Å². The molecular weight excluding hydrogens is 296 g/mol.